The van der Waals surface area contributed by atoms with E-state index >= 15 is 0 Å². The molecule has 1 aliphatic carbocycles. The number of ether oxygens (including phenoxy) is 1. The summed E-state index contributed by atoms with van der Waals surface area (Å²) in [6.45, 7) is 10.6. The number of nitrogens with one attached hydrogen (secondary N) is 1. The molecule has 1 fully saturated rings. The Morgan fingerprint density at radius 2 is 1.62 bits per heavy atom. The van der Waals surface area contributed by atoms with E-state index in [4.69, 9.17) is 4.74 Å². The van der Waals surface area contributed by atoms with Gasteiger partial charge in [0.2, 0.25) is 0 Å². The van der Waals surface area contributed by atoms with Gasteiger partial charge in [0, 0.05) is 6.61 Å². The average Bonchev–Trinajstić information content (AvgIpc) is 2.95. The number of benzene rings is 1. The molecule has 118 valence electrons. The van der Waals surface area contributed by atoms with Crippen molar-refractivity contribution in [2.75, 3.05) is 13.2 Å². The van der Waals surface area contributed by atoms with Gasteiger partial charge in [0.25, 0.3) is 0 Å². The van der Waals surface area contributed by atoms with Crippen LogP contribution in [-0.2, 0) is 4.74 Å². The summed E-state index contributed by atoms with van der Waals surface area (Å²) in [5.74, 6) is 0.587. The molecular formula is C19H31NO. The van der Waals surface area contributed by atoms with Crippen LogP contribution in [0.4, 0.5) is 0 Å². The van der Waals surface area contributed by atoms with Gasteiger partial charge in [-0.3, -0.25) is 0 Å². The summed E-state index contributed by atoms with van der Waals surface area (Å²) >= 11 is 0. The zero-order valence-corrected chi connectivity index (χ0v) is 14.1. The Balaban J connectivity index is 2.28. The molecule has 2 heteroatoms. The van der Waals surface area contributed by atoms with E-state index in [1.165, 1.54) is 36.8 Å². The monoisotopic (exact) mass is 289 g/mol. The second-order valence-corrected chi connectivity index (χ2v) is 6.52. The summed E-state index contributed by atoms with van der Waals surface area (Å²) in [6, 6.07) is 9.45. The second-order valence-electron chi connectivity index (χ2n) is 6.52. The van der Waals surface area contributed by atoms with Crippen LogP contribution in [0.1, 0.15) is 76.5 Å². The Bertz CT molecular complexity index is 418. The fraction of sp³-hybridized carbons (Fsp3) is 0.684. The molecule has 0 aliphatic heterocycles. The van der Waals surface area contributed by atoms with Crippen LogP contribution in [0.3, 0.4) is 0 Å². The third-order valence-electron chi connectivity index (χ3n) is 4.75. The molecule has 1 aromatic rings. The van der Waals surface area contributed by atoms with Gasteiger partial charge in [0.1, 0.15) is 0 Å². The lowest BCUT2D eigenvalue weighted by Crippen LogP contribution is -2.44. The van der Waals surface area contributed by atoms with Gasteiger partial charge in [-0.25, -0.2) is 0 Å². The Kier molecular flexibility index (Phi) is 5.83. The highest BCUT2D eigenvalue weighted by molar-refractivity contribution is 5.29. The molecule has 0 amide bonds. The van der Waals surface area contributed by atoms with E-state index in [0.29, 0.717) is 12.0 Å². The van der Waals surface area contributed by atoms with Gasteiger partial charge in [-0.15, -0.1) is 0 Å². The van der Waals surface area contributed by atoms with Crippen molar-refractivity contribution < 1.29 is 4.74 Å². The first-order valence-electron chi connectivity index (χ1n) is 8.60. The highest BCUT2D eigenvalue weighted by Gasteiger charge is 2.42. The molecule has 1 N–H and O–H groups in total. The first-order chi connectivity index (χ1) is 10.1. The van der Waals surface area contributed by atoms with Gasteiger partial charge < -0.3 is 10.1 Å². The molecule has 1 saturated carbocycles. The van der Waals surface area contributed by atoms with Crippen molar-refractivity contribution in [1.29, 1.82) is 0 Å². The van der Waals surface area contributed by atoms with E-state index in [9.17, 15) is 0 Å². The predicted molar refractivity (Wildman–Crippen MR) is 89.8 cm³/mol. The maximum absolute atomic E-state index is 6.27. The molecule has 0 bridgehead atoms. The van der Waals surface area contributed by atoms with E-state index < -0.39 is 0 Å². The van der Waals surface area contributed by atoms with Crippen LogP contribution in [-0.4, -0.2) is 18.8 Å². The zero-order valence-electron chi connectivity index (χ0n) is 14.1. The molecule has 1 aliphatic rings. The van der Waals surface area contributed by atoms with Gasteiger partial charge in [0.05, 0.1) is 11.6 Å². The van der Waals surface area contributed by atoms with Crippen molar-refractivity contribution in [3.63, 3.8) is 0 Å². The number of hydrogen-bond donors (Lipinski definition) is 1. The van der Waals surface area contributed by atoms with Crippen molar-refractivity contribution in [1.82, 2.24) is 5.32 Å². The number of hydrogen-bond acceptors (Lipinski definition) is 2. The fourth-order valence-electron chi connectivity index (χ4n) is 3.66. The van der Waals surface area contributed by atoms with Gasteiger partial charge in [0.15, 0.2) is 0 Å². The third kappa shape index (κ3) is 3.67. The molecule has 1 aromatic carbocycles. The molecule has 0 spiro atoms. The standard InChI is InChI=1S/C19H31NO/c1-5-20-18(19(21-6-2)13-7-8-14-19)17-11-9-16(10-12-17)15(3)4/h9-12,15,18,20H,5-8,13-14H2,1-4H3. The molecule has 1 atom stereocenters. The zero-order chi connectivity index (χ0) is 15.3. The smallest absolute Gasteiger partial charge is 0.0876 e. The fourth-order valence-corrected chi connectivity index (χ4v) is 3.66. The van der Waals surface area contributed by atoms with Crippen molar-refractivity contribution in [2.24, 2.45) is 0 Å². The van der Waals surface area contributed by atoms with Gasteiger partial charge in [-0.1, -0.05) is 57.9 Å². The third-order valence-corrected chi connectivity index (χ3v) is 4.75. The first-order valence-corrected chi connectivity index (χ1v) is 8.60. The SMILES string of the molecule is CCNC(c1ccc(C(C)C)cc1)C1(OCC)CCCC1. The highest BCUT2D eigenvalue weighted by Crippen LogP contribution is 2.43. The molecule has 0 radical (unpaired) electrons. The topological polar surface area (TPSA) is 21.3 Å². The van der Waals surface area contributed by atoms with Gasteiger partial charge >= 0.3 is 0 Å². The summed E-state index contributed by atoms with van der Waals surface area (Å²) < 4.78 is 6.27. The van der Waals surface area contributed by atoms with E-state index in [-0.39, 0.29) is 5.60 Å². The molecule has 0 aromatic heterocycles. The Morgan fingerprint density at radius 1 is 1.05 bits per heavy atom. The summed E-state index contributed by atoms with van der Waals surface area (Å²) in [4.78, 5) is 0. The molecule has 2 rings (SSSR count). The van der Waals surface area contributed by atoms with Crippen LogP contribution in [0.2, 0.25) is 0 Å². The minimum atomic E-state index is -0.00981. The molecular weight excluding hydrogens is 258 g/mol. The molecule has 0 saturated heterocycles. The largest absolute Gasteiger partial charge is 0.373 e. The number of rotatable bonds is 7. The van der Waals surface area contributed by atoms with E-state index in [1.807, 2.05) is 0 Å². The maximum atomic E-state index is 6.27. The van der Waals surface area contributed by atoms with Crippen LogP contribution in [0.15, 0.2) is 24.3 Å². The van der Waals surface area contributed by atoms with Crippen molar-refractivity contribution in [3.8, 4) is 0 Å². The summed E-state index contributed by atoms with van der Waals surface area (Å²) in [5, 5.41) is 3.69. The lowest BCUT2D eigenvalue weighted by Gasteiger charge is -2.38. The normalized spacial score (nSPS) is 19.1. The summed E-state index contributed by atoms with van der Waals surface area (Å²) in [7, 11) is 0. The lowest BCUT2D eigenvalue weighted by atomic mass is 9.85. The highest BCUT2D eigenvalue weighted by atomic mass is 16.5. The van der Waals surface area contributed by atoms with Crippen LogP contribution in [0.25, 0.3) is 0 Å². The molecule has 1 unspecified atom stereocenters. The van der Waals surface area contributed by atoms with Gasteiger partial charge in [-0.2, -0.15) is 0 Å². The Morgan fingerprint density at radius 3 is 2.10 bits per heavy atom. The van der Waals surface area contributed by atoms with E-state index in [1.54, 1.807) is 0 Å². The quantitative estimate of drug-likeness (QED) is 0.777. The molecule has 2 nitrogen and oxygen atoms in total. The summed E-state index contributed by atoms with van der Waals surface area (Å²) in [5.41, 5.74) is 2.77. The van der Waals surface area contributed by atoms with Crippen molar-refractivity contribution >= 4 is 0 Å². The molecule has 0 heterocycles. The summed E-state index contributed by atoms with van der Waals surface area (Å²) in [6.07, 6.45) is 4.91. The van der Waals surface area contributed by atoms with Crippen molar-refractivity contribution in [3.05, 3.63) is 35.4 Å². The Hall–Kier alpha value is -0.860. The van der Waals surface area contributed by atoms with Gasteiger partial charge in [-0.05, 0) is 43.4 Å². The predicted octanol–water partition coefficient (Wildman–Crippen LogP) is 4.81. The van der Waals surface area contributed by atoms with E-state index in [2.05, 4.69) is 57.3 Å². The minimum absolute atomic E-state index is 0.00981. The lowest BCUT2D eigenvalue weighted by molar-refractivity contribution is -0.0623. The van der Waals surface area contributed by atoms with Crippen LogP contribution in [0.5, 0.6) is 0 Å². The van der Waals surface area contributed by atoms with Crippen LogP contribution in [0, 0.1) is 0 Å². The first kappa shape index (κ1) is 16.5. The van der Waals surface area contributed by atoms with Crippen LogP contribution < -0.4 is 5.32 Å². The van der Waals surface area contributed by atoms with Crippen LogP contribution >= 0.6 is 0 Å². The van der Waals surface area contributed by atoms with Crippen molar-refractivity contribution in [2.45, 2.75) is 70.9 Å². The maximum Gasteiger partial charge on any atom is 0.0876 e. The average molecular weight is 289 g/mol. The van der Waals surface area contributed by atoms with E-state index in [0.717, 1.165) is 13.2 Å². The Labute approximate surface area is 130 Å². The minimum Gasteiger partial charge on any atom is -0.373 e. The second kappa shape index (κ2) is 7.42. The molecule has 21 heavy (non-hydrogen) atoms. The number of likely N-dealkylation sites (N-methyl/N-ethyl adjacent to an activating group) is 1.